The molecule has 3 N–H and O–H groups in total. The van der Waals surface area contributed by atoms with E-state index in [0.29, 0.717) is 28.1 Å². The number of benzene rings is 1. The number of ether oxygens (including phenoxy) is 2. The number of H-pyrrole nitrogens is 1. The molecule has 0 aliphatic rings. The number of nitrogens with zero attached hydrogens (tertiary/aromatic N) is 3. The van der Waals surface area contributed by atoms with Gasteiger partial charge in [0.2, 0.25) is 0 Å². The number of nitriles is 3. The number of anilines is 1. The van der Waals surface area contributed by atoms with Crippen LogP contribution in [0.3, 0.4) is 0 Å². The highest BCUT2D eigenvalue weighted by Crippen LogP contribution is 2.41. The topological polar surface area (TPSA) is 149 Å². The maximum absolute atomic E-state index is 12.1. The van der Waals surface area contributed by atoms with Crippen LogP contribution in [0.15, 0.2) is 21.4 Å². The second kappa shape index (κ2) is 8.06. The van der Waals surface area contributed by atoms with Crippen LogP contribution in [0.5, 0.6) is 11.5 Å². The summed E-state index contributed by atoms with van der Waals surface area (Å²) in [6.45, 7) is 1.90. The van der Waals surface area contributed by atoms with Crippen LogP contribution >= 0.6 is 15.9 Å². The van der Waals surface area contributed by atoms with Gasteiger partial charge in [-0.15, -0.1) is 0 Å². The number of aromatic amines is 1. The van der Waals surface area contributed by atoms with Gasteiger partial charge in [-0.2, -0.15) is 15.8 Å². The quantitative estimate of drug-likeness (QED) is 0.763. The molecule has 9 heteroatoms. The predicted octanol–water partition coefficient (Wildman–Crippen LogP) is 2.43. The SMILES string of the molecule is CCOc1cc(-c2c(C#N)c(N)[nH]c(=O)c2C#N)c(Br)cc1OCC#N. The van der Waals surface area contributed by atoms with E-state index < -0.39 is 5.56 Å². The number of nitrogen functional groups attached to an aromatic ring is 1. The molecule has 130 valence electrons. The molecule has 0 saturated heterocycles. The predicted molar refractivity (Wildman–Crippen MR) is 96.3 cm³/mol. The van der Waals surface area contributed by atoms with Gasteiger partial charge in [0.25, 0.3) is 5.56 Å². The standard InChI is InChI=1S/C17H12BrN5O3/c1-2-25-13-5-9(12(18)6-14(13)26-4-3-19)15-10(7-20)16(22)23-17(24)11(15)8-21/h5-6H,2,4H2,1H3,(H3,22,23,24). The summed E-state index contributed by atoms with van der Waals surface area (Å²) in [6.07, 6.45) is 0. The van der Waals surface area contributed by atoms with E-state index in [1.807, 2.05) is 12.1 Å². The molecule has 0 fully saturated rings. The third-order valence-corrected chi connectivity index (χ3v) is 4.02. The Labute approximate surface area is 157 Å². The Bertz CT molecular complexity index is 1040. The van der Waals surface area contributed by atoms with E-state index in [1.165, 1.54) is 12.1 Å². The van der Waals surface area contributed by atoms with Crippen LogP contribution in [0.1, 0.15) is 18.1 Å². The van der Waals surface area contributed by atoms with Crippen molar-refractivity contribution in [1.29, 1.82) is 15.8 Å². The molecule has 0 amide bonds. The van der Waals surface area contributed by atoms with E-state index in [9.17, 15) is 15.3 Å². The summed E-state index contributed by atoms with van der Waals surface area (Å²) < 4.78 is 11.3. The van der Waals surface area contributed by atoms with E-state index >= 15 is 0 Å². The number of aromatic nitrogens is 1. The average molecular weight is 414 g/mol. The molecule has 1 aromatic carbocycles. The van der Waals surface area contributed by atoms with Crippen molar-refractivity contribution in [3.8, 4) is 40.8 Å². The molecule has 2 aromatic rings. The Morgan fingerprint density at radius 3 is 2.38 bits per heavy atom. The van der Waals surface area contributed by atoms with Crippen LogP contribution in [0.4, 0.5) is 5.82 Å². The van der Waals surface area contributed by atoms with Crippen molar-refractivity contribution >= 4 is 21.7 Å². The normalized spacial score (nSPS) is 9.65. The Morgan fingerprint density at radius 1 is 1.15 bits per heavy atom. The lowest BCUT2D eigenvalue weighted by Gasteiger charge is -2.15. The van der Waals surface area contributed by atoms with Crippen LogP contribution < -0.4 is 20.8 Å². The largest absolute Gasteiger partial charge is 0.490 e. The first-order valence-corrected chi connectivity index (χ1v) is 8.10. The summed E-state index contributed by atoms with van der Waals surface area (Å²) in [5.74, 6) is 0.465. The zero-order chi connectivity index (χ0) is 19.3. The number of hydrogen-bond donors (Lipinski definition) is 2. The Balaban J connectivity index is 2.84. The smallest absolute Gasteiger partial charge is 0.268 e. The fraction of sp³-hybridized carbons (Fsp3) is 0.176. The molecule has 0 saturated carbocycles. The van der Waals surface area contributed by atoms with Gasteiger partial charge in [-0.25, -0.2) is 0 Å². The fourth-order valence-electron chi connectivity index (χ4n) is 2.33. The first kappa shape index (κ1) is 18.9. The van der Waals surface area contributed by atoms with Gasteiger partial charge < -0.3 is 20.2 Å². The van der Waals surface area contributed by atoms with Crippen LogP contribution in [0.2, 0.25) is 0 Å². The highest BCUT2D eigenvalue weighted by Gasteiger charge is 2.22. The molecular formula is C17H12BrN5O3. The number of pyridine rings is 1. The molecular weight excluding hydrogens is 402 g/mol. The molecule has 0 unspecified atom stereocenters. The molecule has 0 atom stereocenters. The van der Waals surface area contributed by atoms with Crippen LogP contribution in [-0.4, -0.2) is 18.2 Å². The summed E-state index contributed by atoms with van der Waals surface area (Å²) in [5.41, 5.74) is 5.22. The first-order chi connectivity index (χ1) is 12.5. The summed E-state index contributed by atoms with van der Waals surface area (Å²) in [6, 6.07) is 8.64. The molecule has 0 spiro atoms. The van der Waals surface area contributed by atoms with Crippen molar-refractivity contribution in [2.75, 3.05) is 18.9 Å². The molecule has 26 heavy (non-hydrogen) atoms. The number of nitrogens with one attached hydrogen (secondary N) is 1. The first-order valence-electron chi connectivity index (χ1n) is 7.30. The summed E-state index contributed by atoms with van der Waals surface area (Å²) >= 11 is 3.35. The molecule has 0 aliphatic carbocycles. The second-order valence-corrected chi connectivity index (χ2v) is 5.73. The van der Waals surface area contributed by atoms with Crippen molar-refractivity contribution in [1.82, 2.24) is 4.98 Å². The number of nitrogens with two attached hydrogens (primary N) is 1. The monoisotopic (exact) mass is 413 g/mol. The third-order valence-electron chi connectivity index (χ3n) is 3.36. The van der Waals surface area contributed by atoms with Gasteiger partial charge in [0.1, 0.15) is 35.2 Å². The second-order valence-electron chi connectivity index (χ2n) is 4.87. The maximum Gasteiger partial charge on any atom is 0.268 e. The van der Waals surface area contributed by atoms with Crippen LogP contribution in [0, 0.1) is 34.0 Å². The van der Waals surface area contributed by atoms with Crippen molar-refractivity contribution in [2.24, 2.45) is 0 Å². The minimum atomic E-state index is -0.700. The van der Waals surface area contributed by atoms with E-state index in [0.717, 1.165) is 0 Å². The molecule has 0 aliphatic heterocycles. The number of rotatable bonds is 5. The molecule has 0 radical (unpaired) electrons. The zero-order valence-electron chi connectivity index (χ0n) is 13.6. The van der Waals surface area contributed by atoms with Gasteiger partial charge in [0.15, 0.2) is 18.1 Å². The number of halogens is 1. The van der Waals surface area contributed by atoms with Gasteiger partial charge in [-0.3, -0.25) is 4.79 Å². The summed E-state index contributed by atoms with van der Waals surface area (Å²) in [4.78, 5) is 14.4. The maximum atomic E-state index is 12.1. The van der Waals surface area contributed by atoms with Gasteiger partial charge in [0.05, 0.1) is 6.61 Å². The van der Waals surface area contributed by atoms with Crippen LogP contribution in [0.25, 0.3) is 11.1 Å². The van der Waals surface area contributed by atoms with E-state index in [1.54, 1.807) is 13.0 Å². The fourth-order valence-corrected chi connectivity index (χ4v) is 2.85. The highest BCUT2D eigenvalue weighted by atomic mass is 79.9. The lowest BCUT2D eigenvalue weighted by atomic mass is 9.96. The minimum Gasteiger partial charge on any atom is -0.490 e. The summed E-state index contributed by atoms with van der Waals surface area (Å²) in [7, 11) is 0. The Kier molecular flexibility index (Phi) is 5.85. The molecule has 2 rings (SSSR count). The van der Waals surface area contributed by atoms with Crippen molar-refractivity contribution in [3.63, 3.8) is 0 Å². The van der Waals surface area contributed by atoms with Crippen molar-refractivity contribution < 1.29 is 9.47 Å². The highest BCUT2D eigenvalue weighted by molar-refractivity contribution is 9.10. The lowest BCUT2D eigenvalue weighted by molar-refractivity contribution is 0.298. The average Bonchev–Trinajstić information content (AvgIpc) is 2.61. The molecule has 1 heterocycles. The number of hydrogen-bond acceptors (Lipinski definition) is 7. The van der Waals surface area contributed by atoms with E-state index in [4.69, 9.17) is 20.5 Å². The van der Waals surface area contributed by atoms with E-state index in [2.05, 4.69) is 20.9 Å². The lowest BCUT2D eigenvalue weighted by Crippen LogP contribution is -2.16. The molecule has 8 nitrogen and oxygen atoms in total. The zero-order valence-corrected chi connectivity index (χ0v) is 15.2. The van der Waals surface area contributed by atoms with Gasteiger partial charge in [-0.1, -0.05) is 15.9 Å². The third kappa shape index (κ3) is 3.46. The van der Waals surface area contributed by atoms with Gasteiger partial charge in [-0.05, 0) is 19.1 Å². The van der Waals surface area contributed by atoms with Gasteiger partial charge >= 0.3 is 0 Å². The minimum absolute atomic E-state index is 0.0324. The van der Waals surface area contributed by atoms with Crippen molar-refractivity contribution in [3.05, 3.63) is 38.1 Å². The Hall–Kier alpha value is -3.48. The van der Waals surface area contributed by atoms with E-state index in [-0.39, 0.29) is 29.1 Å². The van der Waals surface area contributed by atoms with Crippen LogP contribution in [-0.2, 0) is 0 Å². The van der Waals surface area contributed by atoms with Crippen molar-refractivity contribution in [2.45, 2.75) is 6.92 Å². The molecule has 0 bridgehead atoms. The van der Waals surface area contributed by atoms with Gasteiger partial charge in [0, 0.05) is 15.6 Å². The Morgan fingerprint density at radius 2 is 1.81 bits per heavy atom. The summed E-state index contributed by atoms with van der Waals surface area (Å²) in [5, 5.41) is 27.5. The molecule has 1 aromatic heterocycles.